The highest BCUT2D eigenvalue weighted by molar-refractivity contribution is 9.10. The zero-order valence-electron chi connectivity index (χ0n) is 19.2. The molecule has 3 aromatic carbocycles. The normalized spacial score (nSPS) is 10.5. The molecule has 0 aliphatic heterocycles. The number of carbonyl (C=O) groups excluding carboxylic acids is 2. The van der Waals surface area contributed by atoms with Gasteiger partial charge in [0.1, 0.15) is 11.5 Å². The predicted molar refractivity (Wildman–Crippen MR) is 138 cm³/mol. The second-order valence-electron chi connectivity index (χ2n) is 7.91. The molecule has 2 N–H and O–H groups in total. The predicted octanol–water partition coefficient (Wildman–Crippen LogP) is 6.29. The first-order valence-electron chi connectivity index (χ1n) is 11.2. The molecule has 0 fully saturated rings. The Morgan fingerprint density at radius 1 is 0.941 bits per heavy atom. The van der Waals surface area contributed by atoms with Crippen LogP contribution >= 0.6 is 15.9 Å². The summed E-state index contributed by atoms with van der Waals surface area (Å²) >= 11 is 3.49. The number of unbranched alkanes of at least 4 members (excludes halogenated alkanes) is 2. The Kier molecular flexibility index (Phi) is 9.52. The Hall–Kier alpha value is -3.32. The van der Waals surface area contributed by atoms with Crippen molar-refractivity contribution >= 4 is 39.1 Å². The van der Waals surface area contributed by atoms with E-state index in [4.69, 9.17) is 4.74 Å². The highest BCUT2D eigenvalue weighted by Crippen LogP contribution is 2.30. The number of nitrogens with one attached hydrogen (secondary N) is 1. The molecular weight excluding hydrogens is 496 g/mol. The topological polar surface area (TPSA) is 78.9 Å². The van der Waals surface area contributed by atoms with Gasteiger partial charge in [-0.1, -0.05) is 58.7 Å². The standard InChI is InChI=1S/C27H29BrN2O4/c1-34-25-15-8-6-13-23(25)30(19-20-10-9-11-21(28)18-20)27(33)17-4-2-3-16-26(32)29-22-12-5-7-14-24(22)31/h5-15,18,31H,2-4,16-17,19H2,1H3,(H,29,32). The number of carbonyl (C=O) groups is 2. The first kappa shape index (κ1) is 25.3. The number of amides is 2. The van der Waals surface area contributed by atoms with E-state index in [2.05, 4.69) is 21.2 Å². The zero-order chi connectivity index (χ0) is 24.3. The first-order valence-corrected chi connectivity index (χ1v) is 12.0. The highest BCUT2D eigenvalue weighted by atomic mass is 79.9. The van der Waals surface area contributed by atoms with Crippen LogP contribution in [0.2, 0.25) is 0 Å². The third-order valence-corrected chi connectivity index (χ3v) is 5.87. The minimum absolute atomic E-state index is 0.00290. The van der Waals surface area contributed by atoms with E-state index in [-0.39, 0.29) is 17.6 Å². The number of ether oxygens (including phenoxy) is 1. The van der Waals surface area contributed by atoms with Crippen LogP contribution in [0.3, 0.4) is 0 Å². The van der Waals surface area contributed by atoms with Gasteiger partial charge in [-0.25, -0.2) is 0 Å². The zero-order valence-corrected chi connectivity index (χ0v) is 20.8. The number of benzene rings is 3. The smallest absolute Gasteiger partial charge is 0.227 e. The number of phenolic OH excluding ortho intramolecular Hbond substituents is 1. The maximum absolute atomic E-state index is 13.2. The summed E-state index contributed by atoms with van der Waals surface area (Å²) in [5.41, 5.74) is 2.15. The number of hydrogen-bond donors (Lipinski definition) is 2. The Labute approximate surface area is 208 Å². The number of phenols is 1. The molecule has 7 heteroatoms. The summed E-state index contributed by atoms with van der Waals surface area (Å²) in [7, 11) is 1.60. The average molecular weight is 525 g/mol. The van der Waals surface area contributed by atoms with E-state index < -0.39 is 0 Å². The molecule has 6 nitrogen and oxygen atoms in total. The summed E-state index contributed by atoms with van der Waals surface area (Å²) in [5, 5.41) is 12.5. The third-order valence-electron chi connectivity index (χ3n) is 5.38. The Balaban J connectivity index is 1.55. The van der Waals surface area contributed by atoms with E-state index in [1.165, 1.54) is 6.07 Å². The molecule has 0 bridgehead atoms. The second-order valence-corrected chi connectivity index (χ2v) is 8.82. The van der Waals surface area contributed by atoms with Crippen molar-refractivity contribution in [2.24, 2.45) is 0 Å². The summed E-state index contributed by atoms with van der Waals surface area (Å²) < 4.78 is 6.46. The molecule has 0 aromatic heterocycles. The molecule has 0 atom stereocenters. The molecule has 0 unspecified atom stereocenters. The molecule has 178 valence electrons. The lowest BCUT2D eigenvalue weighted by molar-refractivity contribution is -0.118. The van der Waals surface area contributed by atoms with Crippen molar-refractivity contribution in [1.82, 2.24) is 0 Å². The summed E-state index contributed by atoms with van der Waals surface area (Å²) in [6, 6.07) is 22.0. The molecule has 3 rings (SSSR count). The number of methoxy groups -OCH3 is 1. The van der Waals surface area contributed by atoms with Crippen LogP contribution in [-0.4, -0.2) is 24.0 Å². The Morgan fingerprint density at radius 3 is 2.44 bits per heavy atom. The van der Waals surface area contributed by atoms with Crippen LogP contribution < -0.4 is 15.0 Å². The molecule has 34 heavy (non-hydrogen) atoms. The van der Waals surface area contributed by atoms with Gasteiger partial charge in [0.05, 0.1) is 25.0 Å². The van der Waals surface area contributed by atoms with E-state index in [0.717, 1.165) is 22.1 Å². The minimum Gasteiger partial charge on any atom is -0.506 e. The van der Waals surface area contributed by atoms with Gasteiger partial charge < -0.3 is 20.1 Å². The van der Waals surface area contributed by atoms with Crippen LogP contribution in [0.4, 0.5) is 11.4 Å². The monoisotopic (exact) mass is 524 g/mol. The molecule has 0 saturated heterocycles. The van der Waals surface area contributed by atoms with Crippen LogP contribution in [0, 0.1) is 0 Å². The maximum atomic E-state index is 13.2. The van der Waals surface area contributed by atoms with Gasteiger partial charge >= 0.3 is 0 Å². The van der Waals surface area contributed by atoms with Gasteiger partial charge in [0.25, 0.3) is 0 Å². The van der Waals surface area contributed by atoms with Gasteiger partial charge in [-0.15, -0.1) is 0 Å². The molecule has 0 aliphatic carbocycles. The van der Waals surface area contributed by atoms with Gasteiger partial charge in [-0.05, 0) is 54.8 Å². The molecule has 0 heterocycles. The number of rotatable bonds is 11. The number of halogens is 1. The Morgan fingerprint density at radius 2 is 1.68 bits per heavy atom. The first-order chi connectivity index (χ1) is 16.5. The van der Waals surface area contributed by atoms with Crippen LogP contribution in [0.1, 0.15) is 37.7 Å². The molecule has 0 spiro atoms. The van der Waals surface area contributed by atoms with E-state index in [1.54, 1.807) is 30.2 Å². The van der Waals surface area contributed by atoms with Crippen molar-refractivity contribution < 1.29 is 19.4 Å². The summed E-state index contributed by atoms with van der Waals surface area (Å²) in [6.07, 6.45) is 2.78. The minimum atomic E-state index is -0.155. The van der Waals surface area contributed by atoms with Crippen LogP contribution in [-0.2, 0) is 16.1 Å². The molecule has 0 radical (unpaired) electrons. The van der Waals surface area contributed by atoms with Crippen molar-refractivity contribution in [2.45, 2.75) is 38.6 Å². The van der Waals surface area contributed by atoms with Gasteiger partial charge in [0, 0.05) is 17.3 Å². The van der Waals surface area contributed by atoms with Gasteiger partial charge in [0.15, 0.2) is 0 Å². The van der Waals surface area contributed by atoms with Gasteiger partial charge in [-0.2, -0.15) is 0 Å². The molecule has 3 aromatic rings. The lowest BCUT2D eigenvalue weighted by Crippen LogP contribution is -2.30. The fourth-order valence-corrected chi connectivity index (χ4v) is 4.09. The van der Waals surface area contributed by atoms with Crippen molar-refractivity contribution in [3.8, 4) is 11.5 Å². The molecule has 2 amide bonds. The molecular formula is C27H29BrN2O4. The van der Waals surface area contributed by atoms with E-state index >= 15 is 0 Å². The largest absolute Gasteiger partial charge is 0.506 e. The van der Waals surface area contributed by atoms with E-state index in [1.807, 2.05) is 48.5 Å². The van der Waals surface area contributed by atoms with Crippen molar-refractivity contribution in [3.63, 3.8) is 0 Å². The fraction of sp³-hybridized carbons (Fsp3) is 0.259. The quantitative estimate of drug-likeness (QED) is 0.228. The lowest BCUT2D eigenvalue weighted by atomic mass is 10.1. The summed E-state index contributed by atoms with van der Waals surface area (Å²) in [6.45, 7) is 0.432. The summed E-state index contributed by atoms with van der Waals surface area (Å²) in [5.74, 6) is 0.538. The number of anilines is 2. The highest BCUT2D eigenvalue weighted by Gasteiger charge is 2.19. The number of hydrogen-bond acceptors (Lipinski definition) is 4. The number of nitrogens with zero attached hydrogens (tertiary/aromatic N) is 1. The molecule has 0 aliphatic rings. The molecule has 0 saturated carbocycles. The Bertz CT molecular complexity index is 1120. The van der Waals surface area contributed by atoms with Crippen molar-refractivity contribution in [2.75, 3.05) is 17.3 Å². The van der Waals surface area contributed by atoms with E-state index in [9.17, 15) is 14.7 Å². The van der Waals surface area contributed by atoms with E-state index in [0.29, 0.717) is 43.7 Å². The van der Waals surface area contributed by atoms with Crippen molar-refractivity contribution in [1.29, 1.82) is 0 Å². The second kappa shape index (κ2) is 12.8. The van der Waals surface area contributed by atoms with Crippen molar-refractivity contribution in [3.05, 3.63) is 82.8 Å². The summed E-state index contributed by atoms with van der Waals surface area (Å²) in [4.78, 5) is 27.1. The average Bonchev–Trinajstić information content (AvgIpc) is 2.83. The lowest BCUT2D eigenvalue weighted by Gasteiger charge is -2.25. The maximum Gasteiger partial charge on any atom is 0.227 e. The third kappa shape index (κ3) is 7.35. The van der Waals surface area contributed by atoms with Crippen LogP contribution in [0.25, 0.3) is 0 Å². The van der Waals surface area contributed by atoms with Crippen LogP contribution in [0.15, 0.2) is 77.3 Å². The van der Waals surface area contributed by atoms with Crippen LogP contribution in [0.5, 0.6) is 11.5 Å². The number of para-hydroxylation sites is 4. The van der Waals surface area contributed by atoms with Gasteiger partial charge in [-0.3, -0.25) is 9.59 Å². The SMILES string of the molecule is COc1ccccc1N(Cc1cccc(Br)c1)C(=O)CCCCCC(=O)Nc1ccccc1O. The fourth-order valence-electron chi connectivity index (χ4n) is 3.64. The van der Waals surface area contributed by atoms with Gasteiger partial charge in [0.2, 0.25) is 11.8 Å². The number of aromatic hydroxyl groups is 1.